The van der Waals surface area contributed by atoms with E-state index < -0.39 is 10.0 Å². The van der Waals surface area contributed by atoms with Crippen molar-refractivity contribution in [3.63, 3.8) is 0 Å². The lowest BCUT2D eigenvalue weighted by molar-refractivity contribution is -0.122. The summed E-state index contributed by atoms with van der Waals surface area (Å²) in [6, 6.07) is 0.483. The fraction of sp³-hybridized carbons (Fsp3) is 0.929. The molecule has 0 aromatic carbocycles. The van der Waals surface area contributed by atoms with E-state index in [-0.39, 0.29) is 30.2 Å². The first kappa shape index (κ1) is 16.7. The lowest BCUT2D eigenvalue weighted by Crippen LogP contribution is -2.40. The Morgan fingerprint density at radius 2 is 1.76 bits per heavy atom. The Morgan fingerprint density at radius 1 is 1.14 bits per heavy atom. The number of nitrogens with two attached hydrogens (primary N) is 1. The molecule has 7 heteroatoms. The monoisotopic (exact) mass is 317 g/mol. The van der Waals surface area contributed by atoms with Gasteiger partial charge < -0.3 is 11.1 Å². The van der Waals surface area contributed by atoms with Crippen LogP contribution in [0, 0.1) is 0 Å². The van der Waals surface area contributed by atoms with E-state index in [1.807, 2.05) is 0 Å². The van der Waals surface area contributed by atoms with Crippen LogP contribution < -0.4 is 11.1 Å². The maximum atomic E-state index is 12.0. The first-order chi connectivity index (χ1) is 9.97. The third-order valence-corrected chi connectivity index (χ3v) is 6.36. The molecule has 2 rings (SSSR count). The molecule has 1 saturated heterocycles. The zero-order valence-corrected chi connectivity index (χ0v) is 13.4. The zero-order valence-electron chi connectivity index (χ0n) is 12.6. The molecule has 2 aliphatic rings. The van der Waals surface area contributed by atoms with E-state index in [1.165, 1.54) is 0 Å². The molecule has 1 heterocycles. The number of rotatable bonds is 6. The zero-order chi connectivity index (χ0) is 15.3. The van der Waals surface area contributed by atoms with Crippen LogP contribution in [0.5, 0.6) is 0 Å². The first-order valence-electron chi connectivity index (χ1n) is 8.00. The average Bonchev–Trinajstić information content (AvgIpc) is 2.96. The SMILES string of the molecule is NC1CCC(NC(=O)CCCS(=O)(=O)N2CCCC2)CC1. The minimum absolute atomic E-state index is 0.0351. The predicted octanol–water partition coefficient (Wildman–Crippen LogP) is 0.578. The number of hydrogen-bond donors (Lipinski definition) is 2. The minimum atomic E-state index is -3.16. The van der Waals surface area contributed by atoms with E-state index in [1.54, 1.807) is 4.31 Å². The Kier molecular flexibility index (Phi) is 6.01. The topological polar surface area (TPSA) is 92.5 Å². The van der Waals surface area contributed by atoms with Crippen LogP contribution in [-0.2, 0) is 14.8 Å². The molecule has 0 radical (unpaired) electrons. The summed E-state index contributed by atoms with van der Waals surface area (Å²) >= 11 is 0. The quantitative estimate of drug-likeness (QED) is 0.749. The molecule has 3 N–H and O–H groups in total. The van der Waals surface area contributed by atoms with Crippen molar-refractivity contribution >= 4 is 15.9 Å². The maximum Gasteiger partial charge on any atom is 0.220 e. The molecular formula is C14H27N3O3S. The van der Waals surface area contributed by atoms with Gasteiger partial charge in [0, 0.05) is 31.6 Å². The lowest BCUT2D eigenvalue weighted by Gasteiger charge is -2.26. The Morgan fingerprint density at radius 3 is 2.38 bits per heavy atom. The van der Waals surface area contributed by atoms with Crippen LogP contribution in [0.25, 0.3) is 0 Å². The van der Waals surface area contributed by atoms with Gasteiger partial charge in [0.05, 0.1) is 5.75 Å². The highest BCUT2D eigenvalue weighted by Crippen LogP contribution is 2.17. The van der Waals surface area contributed by atoms with Crippen molar-refractivity contribution in [2.45, 2.75) is 63.5 Å². The van der Waals surface area contributed by atoms with Gasteiger partial charge in [0.25, 0.3) is 0 Å². The highest BCUT2D eigenvalue weighted by Gasteiger charge is 2.25. The number of amides is 1. The Bertz CT molecular complexity index is 438. The number of carbonyl (C=O) groups excluding carboxylic acids is 1. The van der Waals surface area contributed by atoms with Gasteiger partial charge >= 0.3 is 0 Å². The maximum absolute atomic E-state index is 12.0. The largest absolute Gasteiger partial charge is 0.353 e. The molecule has 6 nitrogen and oxygen atoms in total. The molecule has 122 valence electrons. The van der Waals surface area contributed by atoms with Gasteiger partial charge in [0.15, 0.2) is 0 Å². The molecule has 1 aliphatic carbocycles. The summed E-state index contributed by atoms with van der Waals surface area (Å²) in [5.74, 6) is 0.0442. The van der Waals surface area contributed by atoms with Crippen LogP contribution in [0.1, 0.15) is 51.4 Å². The molecule has 0 unspecified atom stereocenters. The molecule has 21 heavy (non-hydrogen) atoms. The van der Waals surface area contributed by atoms with Crippen LogP contribution in [0.4, 0.5) is 0 Å². The van der Waals surface area contributed by atoms with Crippen molar-refractivity contribution in [1.82, 2.24) is 9.62 Å². The highest BCUT2D eigenvalue weighted by atomic mass is 32.2. The highest BCUT2D eigenvalue weighted by molar-refractivity contribution is 7.89. The number of nitrogens with zero attached hydrogens (tertiary/aromatic N) is 1. The van der Waals surface area contributed by atoms with Gasteiger partial charge in [0.1, 0.15) is 0 Å². The van der Waals surface area contributed by atoms with Gasteiger partial charge in [-0.25, -0.2) is 12.7 Å². The number of carbonyl (C=O) groups is 1. The van der Waals surface area contributed by atoms with Crippen molar-refractivity contribution in [2.75, 3.05) is 18.8 Å². The molecule has 0 atom stereocenters. The van der Waals surface area contributed by atoms with Crippen molar-refractivity contribution in [3.05, 3.63) is 0 Å². The second kappa shape index (κ2) is 7.56. The summed E-state index contributed by atoms with van der Waals surface area (Å²) in [4.78, 5) is 11.8. The summed E-state index contributed by atoms with van der Waals surface area (Å²) in [7, 11) is -3.16. The molecule has 0 aromatic heterocycles. The van der Waals surface area contributed by atoms with Crippen LogP contribution in [0.2, 0.25) is 0 Å². The normalized spacial score (nSPS) is 27.7. The van der Waals surface area contributed by atoms with Crippen molar-refractivity contribution in [3.8, 4) is 0 Å². The van der Waals surface area contributed by atoms with E-state index in [2.05, 4.69) is 5.32 Å². The minimum Gasteiger partial charge on any atom is -0.353 e. The van der Waals surface area contributed by atoms with E-state index in [9.17, 15) is 13.2 Å². The number of nitrogens with one attached hydrogen (secondary N) is 1. The van der Waals surface area contributed by atoms with Gasteiger partial charge in [0.2, 0.25) is 15.9 Å². The van der Waals surface area contributed by atoms with Crippen LogP contribution in [0.3, 0.4) is 0 Å². The van der Waals surface area contributed by atoms with Gasteiger partial charge in [-0.2, -0.15) is 0 Å². The van der Waals surface area contributed by atoms with Gasteiger partial charge in [-0.05, 0) is 44.9 Å². The first-order valence-corrected chi connectivity index (χ1v) is 9.61. The second-order valence-electron chi connectivity index (χ2n) is 6.20. The standard InChI is InChI=1S/C14H27N3O3S/c15-12-5-7-13(8-6-12)16-14(18)4-3-11-21(19,20)17-9-1-2-10-17/h12-13H,1-11,15H2,(H,16,18). The Balaban J connectivity index is 1.65. The second-order valence-corrected chi connectivity index (χ2v) is 8.29. The molecule has 0 aromatic rings. The molecule has 1 saturated carbocycles. The number of hydrogen-bond acceptors (Lipinski definition) is 4. The molecule has 0 bridgehead atoms. The summed E-state index contributed by atoms with van der Waals surface area (Å²) in [6.45, 7) is 1.27. The van der Waals surface area contributed by atoms with Crippen LogP contribution in [0.15, 0.2) is 0 Å². The molecular weight excluding hydrogens is 290 g/mol. The molecule has 1 aliphatic heterocycles. The summed E-state index contributed by atoms with van der Waals surface area (Å²) in [5, 5.41) is 2.99. The van der Waals surface area contributed by atoms with E-state index in [0.29, 0.717) is 19.5 Å². The summed E-state index contributed by atoms with van der Waals surface area (Å²) in [5.41, 5.74) is 5.83. The molecule has 2 fully saturated rings. The van der Waals surface area contributed by atoms with E-state index >= 15 is 0 Å². The van der Waals surface area contributed by atoms with Gasteiger partial charge in [-0.15, -0.1) is 0 Å². The van der Waals surface area contributed by atoms with Crippen LogP contribution in [-0.4, -0.2) is 49.6 Å². The number of sulfonamides is 1. The molecule has 0 spiro atoms. The Hall–Kier alpha value is -0.660. The van der Waals surface area contributed by atoms with E-state index in [0.717, 1.165) is 38.5 Å². The van der Waals surface area contributed by atoms with Crippen LogP contribution >= 0.6 is 0 Å². The van der Waals surface area contributed by atoms with E-state index in [4.69, 9.17) is 5.73 Å². The van der Waals surface area contributed by atoms with Gasteiger partial charge in [-0.3, -0.25) is 4.79 Å². The lowest BCUT2D eigenvalue weighted by atomic mass is 9.92. The van der Waals surface area contributed by atoms with Crippen molar-refractivity contribution in [2.24, 2.45) is 5.73 Å². The summed E-state index contributed by atoms with van der Waals surface area (Å²) in [6.07, 6.45) is 6.35. The fourth-order valence-corrected chi connectivity index (χ4v) is 4.66. The predicted molar refractivity (Wildman–Crippen MR) is 82.2 cm³/mol. The Labute approximate surface area is 127 Å². The fourth-order valence-electron chi connectivity index (χ4n) is 3.07. The average molecular weight is 317 g/mol. The third kappa shape index (κ3) is 5.23. The molecule has 1 amide bonds. The van der Waals surface area contributed by atoms with Crippen molar-refractivity contribution < 1.29 is 13.2 Å². The smallest absolute Gasteiger partial charge is 0.220 e. The van der Waals surface area contributed by atoms with Crippen molar-refractivity contribution in [1.29, 1.82) is 0 Å². The summed E-state index contributed by atoms with van der Waals surface area (Å²) < 4.78 is 25.6. The third-order valence-electron chi connectivity index (χ3n) is 4.40. The van der Waals surface area contributed by atoms with Gasteiger partial charge in [-0.1, -0.05) is 0 Å².